The summed E-state index contributed by atoms with van der Waals surface area (Å²) in [6, 6.07) is 2.86. The number of rotatable bonds is 3. The first-order valence-corrected chi connectivity index (χ1v) is 10.3. The van der Waals surface area contributed by atoms with E-state index in [-0.39, 0.29) is 30.5 Å². The molecule has 5 nitrogen and oxygen atoms in total. The molecule has 3 rings (SSSR count). The van der Waals surface area contributed by atoms with Gasteiger partial charge in [0.05, 0.1) is 12.0 Å². The second-order valence-electron chi connectivity index (χ2n) is 8.25. The van der Waals surface area contributed by atoms with Crippen molar-refractivity contribution >= 4 is 11.9 Å². The van der Waals surface area contributed by atoms with Gasteiger partial charge in [-0.1, -0.05) is 12.1 Å². The molecule has 1 aliphatic heterocycles. The maximum atomic E-state index is 13.8. The number of nitrogens with one attached hydrogen (secondary N) is 2. The Bertz CT molecular complexity index is 791. The number of benzene rings is 1. The Morgan fingerprint density at radius 3 is 2.50 bits per heavy atom. The van der Waals surface area contributed by atoms with Gasteiger partial charge in [0.15, 0.2) is 0 Å². The first-order valence-electron chi connectivity index (χ1n) is 10.3. The monoisotopic (exact) mass is 429 g/mol. The van der Waals surface area contributed by atoms with Crippen molar-refractivity contribution in [3.8, 4) is 0 Å². The minimum atomic E-state index is -4.22. The van der Waals surface area contributed by atoms with Gasteiger partial charge in [-0.15, -0.1) is 0 Å². The molecule has 1 unspecified atom stereocenters. The van der Waals surface area contributed by atoms with Crippen LogP contribution >= 0.6 is 0 Å². The SMILES string of the molecule is Cc1cc(C(NC(=O)N2CCNC(=O)[C@H]2C)[C@H]2CC[C@@H](C(F)(F)F)CC2)ccc1F. The molecule has 0 radical (unpaired) electrons. The standard InChI is InChI=1S/C21H27F4N3O2/c1-12-11-15(5-8-17(12)22)18(14-3-6-16(7-4-14)21(23,24)25)27-20(30)28-10-9-26-19(29)13(28)2/h5,8,11,13-14,16,18H,3-4,6-7,9-10H2,1-2H3,(H,26,29)(H,27,30)/t13-,14-,16+,18?/m1/s1. The van der Waals surface area contributed by atoms with Gasteiger partial charge in [0.25, 0.3) is 0 Å². The Balaban J connectivity index is 1.80. The topological polar surface area (TPSA) is 61.4 Å². The molecule has 1 saturated carbocycles. The molecule has 0 bridgehead atoms. The van der Waals surface area contributed by atoms with Crippen LogP contribution in [0.15, 0.2) is 18.2 Å². The average molecular weight is 429 g/mol. The maximum absolute atomic E-state index is 13.8. The van der Waals surface area contributed by atoms with E-state index in [1.807, 2.05) is 0 Å². The molecule has 2 atom stereocenters. The molecule has 1 aliphatic carbocycles. The van der Waals surface area contributed by atoms with Crippen LogP contribution < -0.4 is 10.6 Å². The van der Waals surface area contributed by atoms with Crippen molar-refractivity contribution in [3.05, 3.63) is 35.1 Å². The molecule has 2 fully saturated rings. The van der Waals surface area contributed by atoms with Gasteiger partial charge in [0, 0.05) is 13.1 Å². The summed E-state index contributed by atoms with van der Waals surface area (Å²) in [4.78, 5) is 26.3. The third-order valence-electron chi connectivity index (χ3n) is 6.29. The summed E-state index contributed by atoms with van der Waals surface area (Å²) in [5.41, 5.74) is 1.06. The number of halogens is 4. The van der Waals surface area contributed by atoms with Gasteiger partial charge < -0.3 is 15.5 Å². The van der Waals surface area contributed by atoms with E-state index in [2.05, 4.69) is 10.6 Å². The summed E-state index contributed by atoms with van der Waals surface area (Å²) in [6.45, 7) is 3.91. The van der Waals surface area contributed by atoms with Crippen LogP contribution in [0, 0.1) is 24.6 Å². The van der Waals surface area contributed by atoms with Gasteiger partial charge in [-0.25, -0.2) is 9.18 Å². The lowest BCUT2D eigenvalue weighted by molar-refractivity contribution is -0.184. The van der Waals surface area contributed by atoms with Crippen LogP contribution in [0.3, 0.4) is 0 Å². The number of nitrogens with zero attached hydrogens (tertiary/aromatic N) is 1. The second-order valence-corrected chi connectivity index (χ2v) is 8.25. The minimum absolute atomic E-state index is 0.00321. The molecular weight excluding hydrogens is 402 g/mol. The van der Waals surface area contributed by atoms with Crippen LogP contribution in [0.1, 0.15) is 49.8 Å². The number of alkyl halides is 3. The molecule has 166 valence electrons. The van der Waals surface area contributed by atoms with Crippen molar-refractivity contribution in [2.75, 3.05) is 13.1 Å². The first kappa shape index (κ1) is 22.4. The van der Waals surface area contributed by atoms with Crippen molar-refractivity contribution in [1.29, 1.82) is 0 Å². The number of carbonyl (C=O) groups excluding carboxylic acids is 2. The van der Waals surface area contributed by atoms with Crippen molar-refractivity contribution in [1.82, 2.24) is 15.5 Å². The quantitative estimate of drug-likeness (QED) is 0.712. The van der Waals surface area contributed by atoms with Crippen LogP contribution in [-0.4, -0.2) is 42.1 Å². The average Bonchev–Trinajstić information content (AvgIpc) is 2.69. The van der Waals surface area contributed by atoms with E-state index >= 15 is 0 Å². The number of hydrogen-bond acceptors (Lipinski definition) is 2. The normalized spacial score (nSPS) is 26.1. The zero-order valence-electron chi connectivity index (χ0n) is 17.1. The van der Waals surface area contributed by atoms with Crippen molar-refractivity contribution < 1.29 is 27.2 Å². The fourth-order valence-corrected chi connectivity index (χ4v) is 4.39. The number of hydrogen-bond donors (Lipinski definition) is 2. The molecule has 9 heteroatoms. The zero-order chi connectivity index (χ0) is 22.1. The lowest BCUT2D eigenvalue weighted by Crippen LogP contribution is -2.58. The van der Waals surface area contributed by atoms with Crippen LogP contribution in [-0.2, 0) is 4.79 Å². The highest BCUT2D eigenvalue weighted by atomic mass is 19.4. The molecule has 1 aromatic carbocycles. The van der Waals surface area contributed by atoms with E-state index in [0.717, 1.165) is 0 Å². The van der Waals surface area contributed by atoms with E-state index in [0.29, 0.717) is 37.1 Å². The number of aryl methyl sites for hydroxylation is 1. The molecule has 3 amide bonds. The number of amides is 3. The van der Waals surface area contributed by atoms with Crippen LogP contribution in [0.4, 0.5) is 22.4 Å². The van der Waals surface area contributed by atoms with Crippen LogP contribution in [0.2, 0.25) is 0 Å². The van der Waals surface area contributed by atoms with Gasteiger partial charge in [0.2, 0.25) is 5.91 Å². The van der Waals surface area contributed by atoms with E-state index in [1.165, 1.54) is 11.0 Å². The van der Waals surface area contributed by atoms with E-state index in [1.54, 1.807) is 26.0 Å². The van der Waals surface area contributed by atoms with Crippen molar-refractivity contribution in [2.24, 2.45) is 11.8 Å². The van der Waals surface area contributed by atoms with E-state index in [9.17, 15) is 27.2 Å². The number of urea groups is 1. The summed E-state index contributed by atoms with van der Waals surface area (Å²) in [6.07, 6.45) is -3.59. The predicted octanol–water partition coefficient (Wildman–Crippen LogP) is 4.07. The Hall–Kier alpha value is -2.32. The van der Waals surface area contributed by atoms with Crippen molar-refractivity contribution in [3.63, 3.8) is 0 Å². The highest BCUT2D eigenvalue weighted by Gasteiger charge is 2.43. The molecule has 0 aromatic heterocycles. The minimum Gasteiger partial charge on any atom is -0.353 e. The van der Waals surface area contributed by atoms with Gasteiger partial charge in [-0.3, -0.25) is 4.79 Å². The predicted molar refractivity (Wildman–Crippen MR) is 103 cm³/mol. The van der Waals surface area contributed by atoms with E-state index in [4.69, 9.17) is 0 Å². The van der Waals surface area contributed by atoms with Gasteiger partial charge in [-0.2, -0.15) is 13.2 Å². The van der Waals surface area contributed by atoms with E-state index < -0.39 is 30.2 Å². The van der Waals surface area contributed by atoms with Crippen molar-refractivity contribution in [2.45, 2.75) is 57.8 Å². The summed E-state index contributed by atoms with van der Waals surface area (Å²) < 4.78 is 53.0. The molecule has 0 spiro atoms. The van der Waals surface area contributed by atoms with Gasteiger partial charge in [-0.05, 0) is 62.6 Å². The smallest absolute Gasteiger partial charge is 0.353 e. The highest BCUT2D eigenvalue weighted by molar-refractivity contribution is 5.88. The fourth-order valence-electron chi connectivity index (χ4n) is 4.39. The molecule has 2 aliphatic rings. The summed E-state index contributed by atoms with van der Waals surface area (Å²) in [5, 5.41) is 5.62. The molecule has 2 N–H and O–H groups in total. The third kappa shape index (κ3) is 4.87. The molecule has 1 saturated heterocycles. The number of piperazine rings is 1. The van der Waals surface area contributed by atoms with Crippen LogP contribution in [0.25, 0.3) is 0 Å². The Kier molecular flexibility index (Phi) is 6.57. The van der Waals surface area contributed by atoms with Gasteiger partial charge >= 0.3 is 12.2 Å². The summed E-state index contributed by atoms with van der Waals surface area (Å²) in [5.74, 6) is -2.17. The maximum Gasteiger partial charge on any atom is 0.391 e. The lowest BCUT2D eigenvalue weighted by Gasteiger charge is -2.38. The lowest BCUT2D eigenvalue weighted by atomic mass is 9.76. The Morgan fingerprint density at radius 1 is 1.23 bits per heavy atom. The van der Waals surface area contributed by atoms with Crippen LogP contribution in [0.5, 0.6) is 0 Å². The van der Waals surface area contributed by atoms with Gasteiger partial charge in [0.1, 0.15) is 11.9 Å². The summed E-state index contributed by atoms with van der Waals surface area (Å²) in [7, 11) is 0. The zero-order valence-corrected chi connectivity index (χ0v) is 17.1. The molecule has 30 heavy (non-hydrogen) atoms. The summed E-state index contributed by atoms with van der Waals surface area (Å²) >= 11 is 0. The Labute approximate surface area is 173 Å². The fraction of sp³-hybridized carbons (Fsp3) is 0.619. The largest absolute Gasteiger partial charge is 0.391 e. The number of carbonyl (C=O) groups is 2. The first-order chi connectivity index (χ1) is 14.1. The Morgan fingerprint density at radius 2 is 1.90 bits per heavy atom. The second kappa shape index (κ2) is 8.81. The third-order valence-corrected chi connectivity index (χ3v) is 6.29. The molecule has 1 heterocycles. The molecule has 1 aromatic rings. The highest BCUT2D eigenvalue weighted by Crippen LogP contribution is 2.43. The molecular formula is C21H27F4N3O2.